The first-order chi connectivity index (χ1) is 5.27. The van der Waals surface area contributed by atoms with Gasteiger partial charge in [-0.3, -0.25) is 4.84 Å². The molecule has 0 aliphatic carbocycles. The Morgan fingerprint density at radius 1 is 1.55 bits per heavy atom. The third-order valence-electron chi connectivity index (χ3n) is 1.28. The molecule has 1 rings (SSSR count). The number of anilines is 1. The van der Waals surface area contributed by atoms with Crippen LogP contribution < -0.4 is 9.57 Å². The molecule has 0 bridgehead atoms. The zero-order valence-corrected chi connectivity index (χ0v) is 6.65. The van der Waals surface area contributed by atoms with E-state index < -0.39 is 5.82 Å². The van der Waals surface area contributed by atoms with Gasteiger partial charge in [-0.1, -0.05) is 0 Å². The number of ether oxygens (including phenoxy) is 1. The van der Waals surface area contributed by atoms with E-state index >= 15 is 0 Å². The Morgan fingerprint density at radius 3 is 2.82 bits per heavy atom. The SMILES string of the molecule is COc1ccc(F)c(NCl)c1. The van der Waals surface area contributed by atoms with E-state index in [9.17, 15) is 4.39 Å². The summed E-state index contributed by atoms with van der Waals surface area (Å²) < 4.78 is 17.6. The van der Waals surface area contributed by atoms with Gasteiger partial charge in [0, 0.05) is 17.8 Å². The first kappa shape index (κ1) is 8.14. The summed E-state index contributed by atoms with van der Waals surface area (Å²) in [6, 6.07) is 4.28. The van der Waals surface area contributed by atoms with Crippen molar-refractivity contribution in [3.05, 3.63) is 24.0 Å². The summed E-state index contributed by atoms with van der Waals surface area (Å²) in [7, 11) is 1.51. The highest BCUT2D eigenvalue weighted by Gasteiger charge is 2.00. The molecule has 2 nitrogen and oxygen atoms in total. The summed E-state index contributed by atoms with van der Waals surface area (Å²) in [5, 5.41) is 0. The van der Waals surface area contributed by atoms with Crippen molar-refractivity contribution in [2.45, 2.75) is 0 Å². The average Bonchev–Trinajstić information content (AvgIpc) is 2.05. The van der Waals surface area contributed by atoms with Crippen molar-refractivity contribution in [2.24, 2.45) is 0 Å². The quantitative estimate of drug-likeness (QED) is 0.697. The van der Waals surface area contributed by atoms with E-state index in [-0.39, 0.29) is 5.69 Å². The van der Waals surface area contributed by atoms with Crippen molar-refractivity contribution in [1.29, 1.82) is 0 Å². The molecule has 11 heavy (non-hydrogen) atoms. The first-order valence-corrected chi connectivity index (χ1v) is 3.36. The molecule has 0 spiro atoms. The molecule has 0 unspecified atom stereocenters. The number of nitrogens with one attached hydrogen (secondary N) is 1. The predicted octanol–water partition coefficient (Wildman–Crippen LogP) is 2.40. The van der Waals surface area contributed by atoms with E-state index in [1.807, 2.05) is 0 Å². The van der Waals surface area contributed by atoms with Crippen LogP contribution in [-0.4, -0.2) is 7.11 Å². The number of hydrogen-bond acceptors (Lipinski definition) is 2. The maximum Gasteiger partial charge on any atom is 0.147 e. The van der Waals surface area contributed by atoms with E-state index in [0.717, 1.165) is 0 Å². The fourth-order valence-electron chi connectivity index (χ4n) is 0.704. The van der Waals surface area contributed by atoms with E-state index in [1.54, 1.807) is 0 Å². The number of hydrogen-bond donors (Lipinski definition) is 1. The Morgan fingerprint density at radius 2 is 2.27 bits per heavy atom. The van der Waals surface area contributed by atoms with Gasteiger partial charge in [0.1, 0.15) is 11.6 Å². The molecule has 0 saturated heterocycles. The molecule has 4 heteroatoms. The van der Waals surface area contributed by atoms with Crippen molar-refractivity contribution in [3.8, 4) is 5.75 Å². The lowest BCUT2D eigenvalue weighted by atomic mass is 10.3. The Hall–Kier alpha value is -0.960. The minimum Gasteiger partial charge on any atom is -0.497 e. The Kier molecular flexibility index (Phi) is 2.54. The molecular formula is C7H7ClFNO. The van der Waals surface area contributed by atoms with Gasteiger partial charge in [0.25, 0.3) is 0 Å². The van der Waals surface area contributed by atoms with Crippen LogP contribution in [0.3, 0.4) is 0 Å². The molecule has 1 aromatic rings. The van der Waals surface area contributed by atoms with Gasteiger partial charge in [-0.25, -0.2) is 4.39 Å². The normalized spacial score (nSPS) is 9.36. The molecule has 0 aliphatic heterocycles. The lowest BCUT2D eigenvalue weighted by molar-refractivity contribution is 0.414. The number of halogens is 2. The smallest absolute Gasteiger partial charge is 0.147 e. The minimum atomic E-state index is -0.402. The summed E-state index contributed by atoms with van der Waals surface area (Å²) >= 11 is 5.22. The third-order valence-corrected chi connectivity index (χ3v) is 1.48. The summed E-state index contributed by atoms with van der Waals surface area (Å²) in [4.78, 5) is 2.19. The third kappa shape index (κ3) is 1.74. The molecule has 0 radical (unpaired) electrons. The van der Waals surface area contributed by atoms with E-state index in [2.05, 4.69) is 4.84 Å². The summed E-state index contributed by atoms with van der Waals surface area (Å²) in [5.74, 6) is 0.162. The monoisotopic (exact) mass is 175 g/mol. The second kappa shape index (κ2) is 3.44. The Bertz CT molecular complexity index is 254. The van der Waals surface area contributed by atoms with Gasteiger partial charge in [-0.05, 0) is 12.1 Å². The second-order valence-corrected chi connectivity index (χ2v) is 2.13. The van der Waals surface area contributed by atoms with Gasteiger partial charge in [-0.2, -0.15) is 0 Å². The zero-order chi connectivity index (χ0) is 8.27. The van der Waals surface area contributed by atoms with Crippen molar-refractivity contribution in [1.82, 2.24) is 0 Å². The van der Waals surface area contributed by atoms with Crippen molar-refractivity contribution in [3.63, 3.8) is 0 Å². The zero-order valence-electron chi connectivity index (χ0n) is 5.90. The number of methoxy groups -OCH3 is 1. The lowest BCUT2D eigenvalue weighted by Gasteiger charge is -2.02. The van der Waals surface area contributed by atoms with E-state index in [0.29, 0.717) is 5.75 Å². The molecule has 0 aromatic heterocycles. The van der Waals surface area contributed by atoms with Crippen LogP contribution in [-0.2, 0) is 0 Å². The molecule has 0 fully saturated rings. The van der Waals surface area contributed by atoms with Crippen LogP contribution in [0, 0.1) is 5.82 Å². The van der Waals surface area contributed by atoms with E-state index in [1.165, 1.54) is 25.3 Å². The highest BCUT2D eigenvalue weighted by molar-refractivity contribution is 6.24. The maximum atomic E-state index is 12.7. The standard InChI is InChI=1S/C7H7ClFNO/c1-11-5-2-3-6(9)7(4-5)10-8/h2-4,10H,1H3. The van der Waals surface area contributed by atoms with E-state index in [4.69, 9.17) is 16.5 Å². The summed E-state index contributed by atoms with van der Waals surface area (Å²) in [6.45, 7) is 0. The topological polar surface area (TPSA) is 21.3 Å². The van der Waals surface area contributed by atoms with Gasteiger partial charge in [-0.15, -0.1) is 0 Å². The molecule has 60 valence electrons. The highest BCUT2D eigenvalue weighted by atomic mass is 35.5. The van der Waals surface area contributed by atoms with Gasteiger partial charge in [0.2, 0.25) is 0 Å². The molecule has 0 atom stereocenters. The number of benzene rings is 1. The van der Waals surface area contributed by atoms with Crippen LogP contribution in [0.2, 0.25) is 0 Å². The van der Waals surface area contributed by atoms with Crippen LogP contribution in [0.15, 0.2) is 18.2 Å². The summed E-state index contributed by atoms with van der Waals surface area (Å²) in [6.07, 6.45) is 0. The summed E-state index contributed by atoms with van der Waals surface area (Å²) in [5.41, 5.74) is 0.214. The van der Waals surface area contributed by atoms with Crippen LogP contribution >= 0.6 is 11.8 Å². The molecule has 0 saturated carbocycles. The van der Waals surface area contributed by atoms with Crippen molar-refractivity contribution in [2.75, 3.05) is 11.9 Å². The molecule has 0 aliphatic rings. The second-order valence-electron chi connectivity index (χ2n) is 1.94. The fourth-order valence-corrected chi connectivity index (χ4v) is 0.849. The first-order valence-electron chi connectivity index (χ1n) is 2.98. The van der Waals surface area contributed by atoms with Gasteiger partial charge in [0.05, 0.1) is 12.8 Å². The molecule has 0 amide bonds. The average molecular weight is 176 g/mol. The van der Waals surface area contributed by atoms with Gasteiger partial charge >= 0.3 is 0 Å². The van der Waals surface area contributed by atoms with Crippen molar-refractivity contribution < 1.29 is 9.13 Å². The van der Waals surface area contributed by atoms with Gasteiger partial charge in [0.15, 0.2) is 0 Å². The van der Waals surface area contributed by atoms with Crippen LogP contribution in [0.4, 0.5) is 10.1 Å². The van der Waals surface area contributed by atoms with Crippen LogP contribution in [0.1, 0.15) is 0 Å². The minimum absolute atomic E-state index is 0.214. The Labute approximate surface area is 69.0 Å². The fraction of sp³-hybridized carbons (Fsp3) is 0.143. The highest BCUT2D eigenvalue weighted by Crippen LogP contribution is 2.21. The molecule has 1 N–H and O–H groups in total. The van der Waals surface area contributed by atoms with Crippen molar-refractivity contribution >= 4 is 17.5 Å². The predicted molar refractivity (Wildman–Crippen MR) is 42.4 cm³/mol. The molecular weight excluding hydrogens is 169 g/mol. The lowest BCUT2D eigenvalue weighted by Crippen LogP contribution is -1.88. The largest absolute Gasteiger partial charge is 0.497 e. The number of rotatable bonds is 2. The van der Waals surface area contributed by atoms with Gasteiger partial charge < -0.3 is 4.74 Å². The van der Waals surface area contributed by atoms with Crippen LogP contribution in [0.5, 0.6) is 5.75 Å². The Balaban J connectivity index is 3.02. The molecule has 0 heterocycles. The maximum absolute atomic E-state index is 12.7. The van der Waals surface area contributed by atoms with Crippen LogP contribution in [0.25, 0.3) is 0 Å². The molecule has 1 aromatic carbocycles.